The molecule has 0 aromatic rings. The molecular formula is C14H30N2O2. The molecule has 0 amide bonds. The van der Waals surface area contributed by atoms with E-state index in [9.17, 15) is 0 Å². The number of piperidine rings is 1. The molecule has 4 heteroatoms. The first-order valence-electron chi connectivity index (χ1n) is 7.32. The van der Waals surface area contributed by atoms with Crippen LogP contribution in [0.1, 0.15) is 32.1 Å². The van der Waals surface area contributed by atoms with Crippen molar-refractivity contribution in [2.45, 2.75) is 38.1 Å². The molecule has 18 heavy (non-hydrogen) atoms. The molecular weight excluding hydrogens is 228 g/mol. The SMILES string of the molecule is COCCOCCCNCCC1CCCCN1C. The monoisotopic (exact) mass is 258 g/mol. The molecule has 0 saturated carbocycles. The second-order valence-corrected chi connectivity index (χ2v) is 5.13. The summed E-state index contributed by atoms with van der Waals surface area (Å²) >= 11 is 0. The fourth-order valence-corrected chi connectivity index (χ4v) is 2.45. The molecule has 1 N–H and O–H groups in total. The molecule has 1 fully saturated rings. The Bertz CT molecular complexity index is 191. The predicted molar refractivity (Wildman–Crippen MR) is 75.1 cm³/mol. The van der Waals surface area contributed by atoms with Crippen LogP contribution >= 0.6 is 0 Å². The van der Waals surface area contributed by atoms with Crippen molar-refractivity contribution in [2.75, 3.05) is 53.6 Å². The highest BCUT2D eigenvalue weighted by atomic mass is 16.5. The van der Waals surface area contributed by atoms with Gasteiger partial charge in [-0.3, -0.25) is 0 Å². The number of hydrogen-bond donors (Lipinski definition) is 1. The summed E-state index contributed by atoms with van der Waals surface area (Å²) < 4.78 is 10.3. The summed E-state index contributed by atoms with van der Waals surface area (Å²) in [7, 11) is 3.96. The minimum atomic E-state index is 0.696. The molecule has 1 aliphatic heterocycles. The van der Waals surface area contributed by atoms with Crippen LogP contribution in [-0.4, -0.2) is 64.6 Å². The Hall–Kier alpha value is -0.160. The fraction of sp³-hybridized carbons (Fsp3) is 1.00. The van der Waals surface area contributed by atoms with Crippen molar-refractivity contribution in [3.05, 3.63) is 0 Å². The van der Waals surface area contributed by atoms with Gasteiger partial charge in [0.1, 0.15) is 0 Å². The van der Waals surface area contributed by atoms with Crippen LogP contribution in [0.4, 0.5) is 0 Å². The Kier molecular flexibility index (Phi) is 9.48. The quantitative estimate of drug-likeness (QED) is 0.602. The number of nitrogens with one attached hydrogen (secondary N) is 1. The highest BCUT2D eigenvalue weighted by Crippen LogP contribution is 2.16. The maximum absolute atomic E-state index is 5.41. The third-order valence-corrected chi connectivity index (χ3v) is 3.65. The third kappa shape index (κ3) is 7.31. The lowest BCUT2D eigenvalue weighted by atomic mass is 10.0. The van der Waals surface area contributed by atoms with Gasteiger partial charge in [-0.2, -0.15) is 0 Å². The third-order valence-electron chi connectivity index (χ3n) is 3.65. The Labute approximate surface area is 112 Å². The zero-order valence-electron chi connectivity index (χ0n) is 12.1. The Morgan fingerprint density at radius 1 is 1.17 bits per heavy atom. The van der Waals surface area contributed by atoms with Gasteiger partial charge < -0.3 is 19.7 Å². The molecule has 1 unspecified atom stereocenters. The van der Waals surface area contributed by atoms with Gasteiger partial charge in [0.2, 0.25) is 0 Å². The van der Waals surface area contributed by atoms with E-state index in [1.165, 1.54) is 32.2 Å². The van der Waals surface area contributed by atoms with E-state index in [4.69, 9.17) is 9.47 Å². The minimum Gasteiger partial charge on any atom is -0.382 e. The molecule has 0 radical (unpaired) electrons. The van der Waals surface area contributed by atoms with Crippen LogP contribution in [0.5, 0.6) is 0 Å². The molecule has 1 heterocycles. The first-order chi connectivity index (χ1) is 8.84. The summed E-state index contributed by atoms with van der Waals surface area (Å²) in [6, 6.07) is 0.796. The normalized spacial score (nSPS) is 21.3. The van der Waals surface area contributed by atoms with Crippen molar-refractivity contribution in [2.24, 2.45) is 0 Å². The van der Waals surface area contributed by atoms with E-state index in [2.05, 4.69) is 17.3 Å². The van der Waals surface area contributed by atoms with Crippen molar-refractivity contribution in [3.63, 3.8) is 0 Å². The summed E-state index contributed by atoms with van der Waals surface area (Å²) in [5.41, 5.74) is 0. The number of hydrogen-bond acceptors (Lipinski definition) is 4. The standard InChI is InChI=1S/C14H30N2O2/c1-16-10-4-3-6-14(16)7-9-15-8-5-11-18-13-12-17-2/h14-15H,3-13H2,1-2H3. The van der Waals surface area contributed by atoms with Crippen LogP contribution < -0.4 is 5.32 Å². The molecule has 4 nitrogen and oxygen atoms in total. The number of nitrogens with zero attached hydrogens (tertiary/aromatic N) is 1. The van der Waals surface area contributed by atoms with Crippen molar-refractivity contribution in [3.8, 4) is 0 Å². The Morgan fingerprint density at radius 2 is 2.06 bits per heavy atom. The topological polar surface area (TPSA) is 33.7 Å². The maximum atomic E-state index is 5.41. The lowest BCUT2D eigenvalue weighted by Crippen LogP contribution is -2.38. The predicted octanol–water partition coefficient (Wildman–Crippen LogP) is 1.50. The van der Waals surface area contributed by atoms with Crippen LogP contribution in [0.3, 0.4) is 0 Å². The van der Waals surface area contributed by atoms with Crippen molar-refractivity contribution < 1.29 is 9.47 Å². The van der Waals surface area contributed by atoms with Crippen LogP contribution in [0.25, 0.3) is 0 Å². The second kappa shape index (κ2) is 10.7. The molecule has 1 rings (SSSR count). The van der Waals surface area contributed by atoms with E-state index in [1.54, 1.807) is 7.11 Å². The summed E-state index contributed by atoms with van der Waals surface area (Å²) in [5, 5.41) is 3.51. The number of methoxy groups -OCH3 is 1. The van der Waals surface area contributed by atoms with Gasteiger partial charge in [-0.05, 0) is 52.4 Å². The van der Waals surface area contributed by atoms with Gasteiger partial charge in [0.05, 0.1) is 13.2 Å². The molecule has 108 valence electrons. The lowest BCUT2D eigenvalue weighted by molar-refractivity contribution is 0.0694. The zero-order chi connectivity index (χ0) is 13.1. The molecule has 0 aromatic carbocycles. The van der Waals surface area contributed by atoms with Crippen LogP contribution in [-0.2, 0) is 9.47 Å². The molecule has 0 aromatic heterocycles. The van der Waals surface area contributed by atoms with Crippen molar-refractivity contribution in [1.29, 1.82) is 0 Å². The highest BCUT2D eigenvalue weighted by molar-refractivity contribution is 4.74. The van der Waals surface area contributed by atoms with E-state index in [1.807, 2.05) is 0 Å². The van der Waals surface area contributed by atoms with Gasteiger partial charge in [0, 0.05) is 19.8 Å². The average Bonchev–Trinajstić information content (AvgIpc) is 2.39. The van der Waals surface area contributed by atoms with Crippen molar-refractivity contribution in [1.82, 2.24) is 10.2 Å². The van der Waals surface area contributed by atoms with E-state index < -0.39 is 0 Å². The zero-order valence-corrected chi connectivity index (χ0v) is 12.1. The largest absolute Gasteiger partial charge is 0.382 e. The smallest absolute Gasteiger partial charge is 0.0700 e. The fourth-order valence-electron chi connectivity index (χ4n) is 2.45. The van der Waals surface area contributed by atoms with Gasteiger partial charge >= 0.3 is 0 Å². The van der Waals surface area contributed by atoms with Crippen molar-refractivity contribution >= 4 is 0 Å². The maximum Gasteiger partial charge on any atom is 0.0700 e. The van der Waals surface area contributed by atoms with Crippen LogP contribution in [0.2, 0.25) is 0 Å². The number of rotatable bonds is 10. The summed E-state index contributed by atoms with van der Waals surface area (Å²) in [4.78, 5) is 2.51. The number of ether oxygens (including phenoxy) is 2. The van der Waals surface area contributed by atoms with Gasteiger partial charge in [-0.1, -0.05) is 6.42 Å². The molecule has 1 atom stereocenters. The Morgan fingerprint density at radius 3 is 2.83 bits per heavy atom. The lowest BCUT2D eigenvalue weighted by Gasteiger charge is -2.32. The van der Waals surface area contributed by atoms with E-state index in [0.717, 1.165) is 32.2 Å². The summed E-state index contributed by atoms with van der Waals surface area (Å²) in [6.45, 7) is 5.71. The molecule has 0 bridgehead atoms. The number of likely N-dealkylation sites (tertiary alicyclic amines) is 1. The first kappa shape index (κ1) is 15.9. The molecule has 1 aliphatic rings. The first-order valence-corrected chi connectivity index (χ1v) is 7.32. The molecule has 0 spiro atoms. The van der Waals surface area contributed by atoms with Crippen LogP contribution in [0, 0.1) is 0 Å². The van der Waals surface area contributed by atoms with E-state index >= 15 is 0 Å². The van der Waals surface area contributed by atoms with Crippen LogP contribution in [0.15, 0.2) is 0 Å². The average molecular weight is 258 g/mol. The molecule has 1 saturated heterocycles. The minimum absolute atomic E-state index is 0.696. The van der Waals surface area contributed by atoms with Gasteiger partial charge in [-0.25, -0.2) is 0 Å². The van der Waals surface area contributed by atoms with E-state index in [-0.39, 0.29) is 0 Å². The van der Waals surface area contributed by atoms with Gasteiger partial charge in [-0.15, -0.1) is 0 Å². The highest BCUT2D eigenvalue weighted by Gasteiger charge is 2.17. The Balaban J connectivity index is 1.83. The molecule has 0 aliphatic carbocycles. The second-order valence-electron chi connectivity index (χ2n) is 5.13. The summed E-state index contributed by atoms with van der Waals surface area (Å²) in [6.07, 6.45) is 6.52. The van der Waals surface area contributed by atoms with Gasteiger partial charge in [0.25, 0.3) is 0 Å². The summed E-state index contributed by atoms with van der Waals surface area (Å²) in [5.74, 6) is 0. The van der Waals surface area contributed by atoms with E-state index in [0.29, 0.717) is 13.2 Å². The van der Waals surface area contributed by atoms with Gasteiger partial charge in [0.15, 0.2) is 0 Å².